The first kappa shape index (κ1) is 18.7. The molecule has 0 aliphatic carbocycles. The molecule has 0 bridgehead atoms. The third kappa shape index (κ3) is 3.05. The summed E-state index contributed by atoms with van der Waals surface area (Å²) < 4.78 is 20.5. The van der Waals surface area contributed by atoms with Crippen molar-refractivity contribution in [2.24, 2.45) is 0 Å². The molecule has 0 amide bonds. The number of nitrogens with one attached hydrogen (secondary N) is 1. The van der Waals surface area contributed by atoms with Crippen molar-refractivity contribution in [1.82, 2.24) is 24.9 Å². The lowest BCUT2D eigenvalue weighted by atomic mass is 9.92. The summed E-state index contributed by atoms with van der Waals surface area (Å²) in [6.45, 7) is 1.41. The fraction of sp³-hybridized carbons (Fsp3) is 0.217. The molecule has 32 heavy (non-hydrogen) atoms. The van der Waals surface area contributed by atoms with Crippen molar-refractivity contribution in [3.8, 4) is 5.69 Å². The van der Waals surface area contributed by atoms with E-state index in [1.807, 2.05) is 30.3 Å². The Morgan fingerprint density at radius 3 is 2.69 bits per heavy atom. The van der Waals surface area contributed by atoms with Crippen molar-refractivity contribution in [3.05, 3.63) is 76.6 Å². The number of hydrogen-bond acceptors (Lipinski definition) is 6. The van der Waals surface area contributed by atoms with Gasteiger partial charge in [-0.15, -0.1) is 0 Å². The predicted octanol–water partition coefficient (Wildman–Crippen LogP) is 3.77. The van der Waals surface area contributed by atoms with E-state index in [9.17, 15) is 9.18 Å². The van der Waals surface area contributed by atoms with Crippen molar-refractivity contribution in [1.29, 1.82) is 0 Å². The third-order valence-electron chi connectivity index (χ3n) is 6.07. The number of rotatable bonds is 3. The highest BCUT2D eigenvalue weighted by atomic mass is 19.1. The van der Waals surface area contributed by atoms with Crippen molar-refractivity contribution in [2.45, 2.75) is 18.8 Å². The zero-order chi connectivity index (χ0) is 21.7. The van der Waals surface area contributed by atoms with Gasteiger partial charge in [-0.25, -0.2) is 9.07 Å². The van der Waals surface area contributed by atoms with Gasteiger partial charge in [-0.05, 0) is 37.1 Å². The second-order valence-corrected chi connectivity index (χ2v) is 7.99. The maximum Gasteiger partial charge on any atom is 0.263 e. The summed E-state index contributed by atoms with van der Waals surface area (Å²) in [5.74, 6) is 0.393. The Hall–Kier alpha value is -4.01. The van der Waals surface area contributed by atoms with Crippen LogP contribution >= 0.6 is 0 Å². The van der Waals surface area contributed by atoms with E-state index in [4.69, 9.17) is 9.51 Å². The Morgan fingerprint density at radius 1 is 1.06 bits per heavy atom. The van der Waals surface area contributed by atoms with Gasteiger partial charge in [0.1, 0.15) is 11.2 Å². The van der Waals surface area contributed by atoms with Gasteiger partial charge >= 0.3 is 0 Å². The minimum absolute atomic E-state index is 0.197. The SMILES string of the molecule is O=c1[nH]c(N2CCC(c3noc4cc(F)ccc34)CC2)nc2c1cnn2-c1ccccc1. The summed E-state index contributed by atoms with van der Waals surface area (Å²) in [6, 6.07) is 14.1. The molecule has 0 radical (unpaired) electrons. The van der Waals surface area contributed by atoms with Crippen LogP contribution in [0.25, 0.3) is 27.7 Å². The molecule has 6 rings (SSSR count). The fourth-order valence-electron chi connectivity index (χ4n) is 4.40. The van der Waals surface area contributed by atoms with Crippen LogP contribution < -0.4 is 10.5 Å². The second-order valence-electron chi connectivity index (χ2n) is 7.99. The van der Waals surface area contributed by atoms with Crippen LogP contribution in [-0.4, -0.2) is 38.0 Å². The van der Waals surface area contributed by atoms with E-state index in [-0.39, 0.29) is 17.3 Å². The molecule has 1 aliphatic rings. The summed E-state index contributed by atoms with van der Waals surface area (Å²) in [7, 11) is 0. The number of nitrogens with zero attached hydrogens (tertiary/aromatic N) is 5. The number of benzene rings is 2. The number of hydrogen-bond donors (Lipinski definition) is 1. The molecule has 4 heterocycles. The smallest absolute Gasteiger partial charge is 0.263 e. The average Bonchev–Trinajstić information content (AvgIpc) is 3.44. The number of para-hydroxylation sites is 1. The van der Waals surface area contributed by atoms with E-state index >= 15 is 0 Å². The maximum absolute atomic E-state index is 13.4. The van der Waals surface area contributed by atoms with Crippen molar-refractivity contribution in [2.75, 3.05) is 18.0 Å². The summed E-state index contributed by atoms with van der Waals surface area (Å²) in [6.07, 6.45) is 3.18. The summed E-state index contributed by atoms with van der Waals surface area (Å²) in [5.41, 5.74) is 2.49. The van der Waals surface area contributed by atoms with E-state index < -0.39 is 0 Å². The van der Waals surface area contributed by atoms with Gasteiger partial charge in [-0.3, -0.25) is 9.78 Å². The van der Waals surface area contributed by atoms with Crippen LogP contribution in [0.2, 0.25) is 0 Å². The van der Waals surface area contributed by atoms with Crippen LogP contribution in [0.4, 0.5) is 10.3 Å². The van der Waals surface area contributed by atoms with Crippen LogP contribution in [0.15, 0.2) is 64.0 Å². The Kier molecular flexibility index (Phi) is 4.27. The molecular weight excluding hydrogens is 411 g/mol. The monoisotopic (exact) mass is 430 g/mol. The van der Waals surface area contributed by atoms with Crippen molar-refractivity contribution in [3.63, 3.8) is 0 Å². The van der Waals surface area contributed by atoms with Crippen LogP contribution in [0.3, 0.4) is 0 Å². The quantitative estimate of drug-likeness (QED) is 0.468. The van der Waals surface area contributed by atoms with E-state index in [0.717, 1.165) is 29.6 Å². The number of H-pyrrole nitrogens is 1. The summed E-state index contributed by atoms with van der Waals surface area (Å²) >= 11 is 0. The molecule has 1 N–H and O–H groups in total. The summed E-state index contributed by atoms with van der Waals surface area (Å²) in [5, 5.41) is 9.87. The normalized spacial score (nSPS) is 15.1. The first-order valence-electron chi connectivity index (χ1n) is 10.5. The molecule has 0 spiro atoms. The Labute approximate surface area is 181 Å². The Morgan fingerprint density at radius 2 is 1.88 bits per heavy atom. The molecule has 8 nitrogen and oxygen atoms in total. The van der Waals surface area contributed by atoms with Crippen LogP contribution in [0.5, 0.6) is 0 Å². The van der Waals surface area contributed by atoms with Gasteiger partial charge < -0.3 is 9.42 Å². The molecule has 1 saturated heterocycles. The molecule has 0 saturated carbocycles. The number of halogens is 1. The summed E-state index contributed by atoms with van der Waals surface area (Å²) in [4.78, 5) is 22.4. The fourth-order valence-corrected chi connectivity index (χ4v) is 4.40. The van der Waals surface area contributed by atoms with Gasteiger partial charge in [-0.2, -0.15) is 10.1 Å². The topological polar surface area (TPSA) is 92.8 Å². The lowest BCUT2D eigenvalue weighted by Crippen LogP contribution is -2.35. The first-order chi connectivity index (χ1) is 15.7. The number of aromatic nitrogens is 5. The molecule has 9 heteroatoms. The standard InChI is InChI=1S/C23H19FN6O2/c24-15-6-7-17-19(12-15)32-28-20(17)14-8-10-29(11-9-14)23-26-21-18(22(31)27-23)13-25-30(21)16-4-2-1-3-5-16/h1-7,12-14H,8-11H2,(H,26,27,31). The highest BCUT2D eigenvalue weighted by Gasteiger charge is 2.27. The van der Waals surface area contributed by atoms with Gasteiger partial charge in [0, 0.05) is 30.5 Å². The molecule has 1 fully saturated rings. The van der Waals surface area contributed by atoms with E-state index in [1.165, 1.54) is 12.1 Å². The van der Waals surface area contributed by atoms with Gasteiger partial charge in [0.15, 0.2) is 11.2 Å². The van der Waals surface area contributed by atoms with E-state index in [2.05, 4.69) is 20.1 Å². The number of anilines is 1. The Balaban J connectivity index is 1.28. The predicted molar refractivity (Wildman–Crippen MR) is 118 cm³/mol. The third-order valence-corrected chi connectivity index (χ3v) is 6.07. The highest BCUT2D eigenvalue weighted by molar-refractivity contribution is 5.80. The number of piperidine rings is 1. The number of aromatic amines is 1. The molecular formula is C23H19FN6O2. The molecule has 1 aliphatic heterocycles. The molecule has 0 atom stereocenters. The second kappa shape index (κ2) is 7.30. The van der Waals surface area contributed by atoms with Gasteiger partial charge in [0.05, 0.1) is 17.6 Å². The molecule has 2 aromatic carbocycles. The molecule has 5 aromatic rings. The van der Waals surface area contributed by atoms with Crippen LogP contribution in [0.1, 0.15) is 24.5 Å². The van der Waals surface area contributed by atoms with Gasteiger partial charge in [0.25, 0.3) is 5.56 Å². The van der Waals surface area contributed by atoms with Crippen LogP contribution in [0, 0.1) is 5.82 Å². The molecule has 160 valence electrons. The largest absolute Gasteiger partial charge is 0.356 e. The highest BCUT2D eigenvalue weighted by Crippen LogP contribution is 2.33. The Bertz CT molecular complexity index is 1480. The van der Waals surface area contributed by atoms with Gasteiger partial charge in [0.2, 0.25) is 5.95 Å². The maximum atomic E-state index is 13.4. The van der Waals surface area contributed by atoms with E-state index in [1.54, 1.807) is 16.9 Å². The van der Waals surface area contributed by atoms with Gasteiger partial charge in [-0.1, -0.05) is 23.4 Å². The lowest BCUT2D eigenvalue weighted by molar-refractivity contribution is 0.415. The van der Waals surface area contributed by atoms with E-state index in [0.29, 0.717) is 35.7 Å². The molecule has 3 aromatic heterocycles. The minimum atomic E-state index is -0.338. The zero-order valence-corrected chi connectivity index (χ0v) is 17.0. The minimum Gasteiger partial charge on any atom is -0.356 e. The lowest BCUT2D eigenvalue weighted by Gasteiger charge is -2.31. The van der Waals surface area contributed by atoms with Crippen LogP contribution in [-0.2, 0) is 0 Å². The first-order valence-corrected chi connectivity index (χ1v) is 10.5. The zero-order valence-electron chi connectivity index (χ0n) is 17.0. The average molecular weight is 430 g/mol. The number of fused-ring (bicyclic) bond motifs is 2. The van der Waals surface area contributed by atoms with Crippen molar-refractivity contribution >= 4 is 28.0 Å². The molecule has 0 unspecified atom stereocenters. The van der Waals surface area contributed by atoms with Crippen molar-refractivity contribution < 1.29 is 8.91 Å².